The van der Waals surface area contributed by atoms with Crippen LogP contribution >= 0.6 is 0 Å². The van der Waals surface area contributed by atoms with Crippen LogP contribution in [0.15, 0.2) is 103 Å². The van der Waals surface area contributed by atoms with Crippen molar-refractivity contribution in [3.8, 4) is 22.3 Å². The third-order valence-corrected chi connectivity index (χ3v) is 17.3. The monoisotopic (exact) mass is 680 g/mol. The Hall–Kier alpha value is -2.22. The average molecular weight is 683 g/mol. The molecule has 0 spiro atoms. The molecule has 5 aromatic carbocycles. The number of halogens is 2. The molecular formula is C38H36Cl2SiZr. The van der Waals surface area contributed by atoms with Crippen LogP contribution in [0.5, 0.6) is 0 Å². The van der Waals surface area contributed by atoms with E-state index in [1.54, 1.807) is 20.0 Å². The Balaban J connectivity index is 0.00000176. The van der Waals surface area contributed by atoms with Crippen molar-refractivity contribution in [2.45, 2.75) is 51.6 Å². The van der Waals surface area contributed by atoms with Gasteiger partial charge in [-0.2, -0.15) is 0 Å². The summed E-state index contributed by atoms with van der Waals surface area (Å²) in [7, 11) is 0. The van der Waals surface area contributed by atoms with E-state index < -0.39 is 28.3 Å². The van der Waals surface area contributed by atoms with Crippen molar-refractivity contribution in [3.63, 3.8) is 0 Å². The van der Waals surface area contributed by atoms with Crippen LogP contribution in [0.25, 0.3) is 39.1 Å². The van der Waals surface area contributed by atoms with Crippen LogP contribution in [0.3, 0.4) is 0 Å². The molecule has 2 aliphatic carbocycles. The molecule has 0 saturated carbocycles. The molecule has 0 N–H and O–H groups in total. The van der Waals surface area contributed by atoms with Gasteiger partial charge in [0.05, 0.1) is 0 Å². The fraction of sp³-hybridized carbons (Fsp3) is 0.211. The van der Waals surface area contributed by atoms with Crippen molar-refractivity contribution < 1.29 is 47.2 Å². The van der Waals surface area contributed by atoms with Crippen molar-refractivity contribution in [1.82, 2.24) is 0 Å². The minimum absolute atomic E-state index is 0. The van der Waals surface area contributed by atoms with Gasteiger partial charge in [-0.25, -0.2) is 0 Å². The van der Waals surface area contributed by atoms with Gasteiger partial charge in [-0.1, -0.05) is 0 Å². The van der Waals surface area contributed by atoms with Gasteiger partial charge in [-0.05, 0) is 0 Å². The third kappa shape index (κ3) is 5.46. The zero-order valence-corrected chi connectivity index (χ0v) is 29.7. The SMILES string of the molecule is CCCCC1=Cc2c(-c3cccc4ccccc34)cccc2C1c1[c]([Zr+2][SiH](C)C)ccc2c1Cc1ccccc1-2.[Cl-].[Cl-]. The van der Waals surface area contributed by atoms with Crippen molar-refractivity contribution in [3.05, 3.63) is 130 Å². The molecule has 0 bridgehead atoms. The van der Waals surface area contributed by atoms with E-state index in [1.165, 1.54) is 69.0 Å². The molecule has 1 atom stereocenters. The average Bonchev–Trinajstić information content (AvgIpc) is 3.53. The van der Waals surface area contributed by atoms with Crippen molar-refractivity contribution in [2.24, 2.45) is 0 Å². The molecule has 7 rings (SSSR count). The Morgan fingerprint density at radius 3 is 2.29 bits per heavy atom. The summed E-state index contributed by atoms with van der Waals surface area (Å²) in [6, 6.07) is 37.0. The summed E-state index contributed by atoms with van der Waals surface area (Å²) in [5.41, 5.74) is 15.2. The van der Waals surface area contributed by atoms with E-state index in [0.717, 1.165) is 6.42 Å². The van der Waals surface area contributed by atoms with Crippen molar-refractivity contribution >= 4 is 26.0 Å². The molecular weight excluding hydrogens is 647 g/mol. The summed E-state index contributed by atoms with van der Waals surface area (Å²) in [5, 5.41) is 2.67. The van der Waals surface area contributed by atoms with E-state index >= 15 is 0 Å². The topological polar surface area (TPSA) is 0 Å². The fourth-order valence-corrected chi connectivity index (χ4v) is 15.3. The second kappa shape index (κ2) is 13.2. The number of allylic oxidation sites excluding steroid dienone is 1. The summed E-state index contributed by atoms with van der Waals surface area (Å²) in [6.07, 6.45) is 7.37. The summed E-state index contributed by atoms with van der Waals surface area (Å²) < 4.78 is 1.77. The molecule has 0 amide bonds. The first-order chi connectivity index (χ1) is 19.6. The van der Waals surface area contributed by atoms with E-state index in [2.05, 4.69) is 123 Å². The van der Waals surface area contributed by atoms with Gasteiger partial charge >= 0.3 is 253 Å². The molecule has 0 heterocycles. The van der Waals surface area contributed by atoms with Crippen LogP contribution in [0.4, 0.5) is 0 Å². The molecule has 0 fully saturated rings. The third-order valence-electron chi connectivity index (χ3n) is 8.81. The number of hydrogen-bond acceptors (Lipinski definition) is 0. The maximum Gasteiger partial charge on any atom is -1.00 e. The second-order valence-corrected chi connectivity index (χ2v) is 26.3. The Morgan fingerprint density at radius 1 is 0.738 bits per heavy atom. The molecule has 0 saturated heterocycles. The van der Waals surface area contributed by atoms with E-state index in [-0.39, 0.29) is 24.8 Å². The normalized spacial score (nSPS) is 14.4. The predicted octanol–water partition coefficient (Wildman–Crippen LogP) is 3.50. The molecule has 0 aliphatic heterocycles. The first kappa shape index (κ1) is 31.2. The zero-order chi connectivity index (χ0) is 27.2. The molecule has 2 aliphatic rings. The van der Waals surface area contributed by atoms with Crippen LogP contribution in [0.2, 0.25) is 13.1 Å². The van der Waals surface area contributed by atoms with Crippen LogP contribution in [0, 0.1) is 0 Å². The summed E-state index contributed by atoms with van der Waals surface area (Å²) in [5.74, 6) is -0.243. The van der Waals surface area contributed by atoms with Gasteiger partial charge in [-0.3, -0.25) is 0 Å². The van der Waals surface area contributed by atoms with Crippen LogP contribution < -0.4 is 28.1 Å². The van der Waals surface area contributed by atoms with E-state index in [4.69, 9.17) is 0 Å². The molecule has 1 unspecified atom stereocenters. The fourth-order valence-electron chi connectivity index (χ4n) is 7.10. The van der Waals surface area contributed by atoms with E-state index in [0.29, 0.717) is 5.92 Å². The number of hydrogen-bond donors (Lipinski definition) is 0. The van der Waals surface area contributed by atoms with E-state index in [1.807, 2.05) is 0 Å². The number of benzene rings is 5. The first-order valence-electron chi connectivity index (χ1n) is 15.0. The maximum absolute atomic E-state index is 2.61. The molecule has 210 valence electrons. The van der Waals surface area contributed by atoms with Crippen LogP contribution in [0.1, 0.15) is 59.9 Å². The molecule has 0 radical (unpaired) electrons. The first-order valence-corrected chi connectivity index (χ1v) is 23.3. The number of rotatable bonds is 7. The summed E-state index contributed by atoms with van der Waals surface area (Å²) in [4.78, 5) is 0. The Bertz CT molecular complexity index is 1780. The van der Waals surface area contributed by atoms with Gasteiger partial charge in [0.25, 0.3) is 0 Å². The summed E-state index contributed by atoms with van der Waals surface area (Å²) >= 11 is -0.603. The van der Waals surface area contributed by atoms with Gasteiger partial charge in [0.15, 0.2) is 0 Å². The summed E-state index contributed by atoms with van der Waals surface area (Å²) in [6.45, 7) is 7.49. The largest absolute Gasteiger partial charge is 1.00 e. The smallest absolute Gasteiger partial charge is 1.00 e. The molecule has 42 heavy (non-hydrogen) atoms. The Morgan fingerprint density at radius 2 is 1.45 bits per heavy atom. The van der Waals surface area contributed by atoms with Gasteiger partial charge in [0, 0.05) is 0 Å². The van der Waals surface area contributed by atoms with E-state index in [9.17, 15) is 0 Å². The maximum atomic E-state index is 2.61. The van der Waals surface area contributed by atoms with Gasteiger partial charge in [0.1, 0.15) is 0 Å². The minimum Gasteiger partial charge on any atom is -1.00 e. The van der Waals surface area contributed by atoms with Crippen LogP contribution in [-0.4, -0.2) is 5.92 Å². The number of fused-ring (bicyclic) bond motifs is 5. The second-order valence-electron chi connectivity index (χ2n) is 11.8. The predicted molar refractivity (Wildman–Crippen MR) is 172 cm³/mol. The van der Waals surface area contributed by atoms with Gasteiger partial charge < -0.3 is 24.8 Å². The quantitative estimate of drug-likeness (QED) is 0.227. The van der Waals surface area contributed by atoms with Crippen LogP contribution in [-0.2, 0) is 28.8 Å². The number of unbranched alkanes of at least 4 members (excludes halogenated alkanes) is 1. The van der Waals surface area contributed by atoms with Gasteiger partial charge in [0.2, 0.25) is 0 Å². The zero-order valence-electron chi connectivity index (χ0n) is 24.6. The minimum atomic E-state index is -0.636. The molecule has 0 nitrogen and oxygen atoms in total. The molecule has 0 aromatic heterocycles. The Labute approximate surface area is 275 Å². The molecule has 4 heteroatoms. The Kier molecular flexibility index (Phi) is 9.80. The molecule has 5 aromatic rings. The van der Waals surface area contributed by atoms with Crippen molar-refractivity contribution in [2.75, 3.05) is 0 Å². The van der Waals surface area contributed by atoms with Gasteiger partial charge in [-0.15, -0.1) is 0 Å². The van der Waals surface area contributed by atoms with Crippen molar-refractivity contribution in [1.29, 1.82) is 0 Å². The standard InChI is InChI=1S/C36H29.C2H7Si.2ClH.Zr/c1-2-3-11-26-23-35-31(29-17-8-14-24-12-4-6-15-27(24)29)19-10-21-33(35)36(26)32-20-9-18-30-28-16-7-5-13-25(28)22-34(30)32;1-3-2;;;/h4-10,12-19,21,23,36H,2-3,11,22H2,1H3;3H,1-2H3;2*1H;/q;;;;+2/p-2.